The molecule has 3 nitrogen and oxygen atoms in total. The van der Waals surface area contributed by atoms with Gasteiger partial charge in [-0.2, -0.15) is 0 Å². The van der Waals surface area contributed by atoms with Gasteiger partial charge in [-0.05, 0) is 39.0 Å². The van der Waals surface area contributed by atoms with Crippen LogP contribution in [0.5, 0.6) is 0 Å². The zero-order valence-corrected chi connectivity index (χ0v) is 10.3. The van der Waals surface area contributed by atoms with Crippen molar-refractivity contribution < 1.29 is 9.90 Å². The van der Waals surface area contributed by atoms with Crippen LogP contribution in [0.1, 0.15) is 46.0 Å². The summed E-state index contributed by atoms with van der Waals surface area (Å²) in [6, 6.07) is 0. The van der Waals surface area contributed by atoms with Crippen LogP contribution in [0, 0.1) is 5.92 Å². The molecule has 1 aliphatic rings. The monoisotopic (exact) mass is 225 g/mol. The molecule has 0 saturated heterocycles. The first-order valence-electron chi connectivity index (χ1n) is 6.19. The molecule has 0 aromatic rings. The summed E-state index contributed by atoms with van der Waals surface area (Å²) >= 11 is 0. The van der Waals surface area contributed by atoms with E-state index < -0.39 is 0 Å². The number of allylic oxidation sites excluding steroid dienone is 2. The minimum absolute atomic E-state index is 0.120. The molecular formula is C13H23NO2. The second-order valence-electron chi connectivity index (χ2n) is 4.86. The fourth-order valence-corrected chi connectivity index (χ4v) is 2.01. The lowest BCUT2D eigenvalue weighted by Crippen LogP contribution is -2.48. The van der Waals surface area contributed by atoms with Crippen LogP contribution >= 0.6 is 0 Å². The number of amides is 1. The van der Waals surface area contributed by atoms with Crippen LogP contribution in [-0.2, 0) is 4.79 Å². The van der Waals surface area contributed by atoms with Gasteiger partial charge >= 0.3 is 0 Å². The first kappa shape index (κ1) is 13.2. The zero-order valence-electron chi connectivity index (χ0n) is 10.3. The number of hydrogen-bond acceptors (Lipinski definition) is 2. The Morgan fingerprint density at radius 1 is 1.56 bits per heavy atom. The Morgan fingerprint density at radius 3 is 2.81 bits per heavy atom. The molecule has 0 fully saturated rings. The third-order valence-electron chi connectivity index (χ3n) is 3.51. The lowest BCUT2D eigenvalue weighted by atomic mass is 9.90. The van der Waals surface area contributed by atoms with Gasteiger partial charge in [0.15, 0.2) is 0 Å². The topological polar surface area (TPSA) is 49.3 Å². The van der Waals surface area contributed by atoms with Crippen LogP contribution in [0.3, 0.4) is 0 Å². The molecule has 0 spiro atoms. The fraction of sp³-hybridized carbons (Fsp3) is 0.769. The Hall–Kier alpha value is -0.830. The summed E-state index contributed by atoms with van der Waals surface area (Å²) in [5, 5.41) is 12.1. The van der Waals surface area contributed by atoms with Crippen molar-refractivity contribution in [1.29, 1.82) is 0 Å². The maximum atomic E-state index is 12.0. The van der Waals surface area contributed by atoms with Crippen molar-refractivity contribution in [2.24, 2.45) is 5.92 Å². The molecule has 1 rings (SSSR count). The maximum Gasteiger partial charge on any atom is 0.223 e. The predicted molar refractivity (Wildman–Crippen MR) is 65.0 cm³/mol. The average molecular weight is 225 g/mol. The smallest absolute Gasteiger partial charge is 0.223 e. The van der Waals surface area contributed by atoms with Gasteiger partial charge in [0.25, 0.3) is 0 Å². The summed E-state index contributed by atoms with van der Waals surface area (Å²) in [6.07, 6.45) is 8.49. The van der Waals surface area contributed by atoms with E-state index in [1.54, 1.807) is 0 Å². The van der Waals surface area contributed by atoms with E-state index in [0.717, 1.165) is 25.7 Å². The van der Waals surface area contributed by atoms with E-state index in [1.807, 2.05) is 13.8 Å². The quantitative estimate of drug-likeness (QED) is 0.703. The molecule has 0 bridgehead atoms. The predicted octanol–water partition coefficient (Wildman–Crippen LogP) is 2.01. The molecule has 0 heterocycles. The molecule has 0 aliphatic heterocycles. The Labute approximate surface area is 97.9 Å². The Balaban J connectivity index is 2.51. The summed E-state index contributed by atoms with van der Waals surface area (Å²) in [6.45, 7) is 4.16. The van der Waals surface area contributed by atoms with Gasteiger partial charge < -0.3 is 10.4 Å². The lowest BCUT2D eigenvalue weighted by molar-refractivity contribution is -0.127. The number of carbonyl (C=O) groups is 1. The highest BCUT2D eigenvalue weighted by Gasteiger charge is 2.27. The standard InChI is InChI=1S/C13H23NO2/c1-3-13(2,9-10-15)14-12(16)11-7-5-4-6-8-11/h4-5,11,15H,3,6-10H2,1-2H3,(H,14,16). The second-order valence-corrected chi connectivity index (χ2v) is 4.86. The normalized spacial score (nSPS) is 23.8. The Kier molecular flexibility index (Phi) is 5.00. The largest absolute Gasteiger partial charge is 0.396 e. The molecule has 0 saturated carbocycles. The molecular weight excluding hydrogens is 202 g/mol. The number of aliphatic hydroxyl groups is 1. The minimum atomic E-state index is -0.257. The molecule has 2 atom stereocenters. The minimum Gasteiger partial charge on any atom is -0.396 e. The van der Waals surface area contributed by atoms with Crippen molar-refractivity contribution in [2.75, 3.05) is 6.61 Å². The van der Waals surface area contributed by atoms with E-state index in [0.29, 0.717) is 6.42 Å². The van der Waals surface area contributed by atoms with Gasteiger partial charge in [-0.3, -0.25) is 4.79 Å². The first-order valence-corrected chi connectivity index (χ1v) is 6.19. The summed E-state index contributed by atoms with van der Waals surface area (Å²) in [4.78, 5) is 12.0. The molecule has 1 aliphatic carbocycles. The average Bonchev–Trinajstić information content (AvgIpc) is 2.30. The first-order chi connectivity index (χ1) is 7.61. The van der Waals surface area contributed by atoms with Gasteiger partial charge in [0.1, 0.15) is 0 Å². The highest BCUT2D eigenvalue weighted by Crippen LogP contribution is 2.21. The van der Waals surface area contributed by atoms with Crippen molar-refractivity contribution in [3.05, 3.63) is 12.2 Å². The van der Waals surface area contributed by atoms with Crippen LogP contribution < -0.4 is 5.32 Å². The lowest BCUT2D eigenvalue weighted by Gasteiger charge is -2.31. The summed E-state index contributed by atoms with van der Waals surface area (Å²) in [5.74, 6) is 0.261. The highest BCUT2D eigenvalue weighted by atomic mass is 16.3. The van der Waals surface area contributed by atoms with Crippen LogP contribution in [-0.4, -0.2) is 23.2 Å². The van der Waals surface area contributed by atoms with Crippen LogP contribution in [0.15, 0.2) is 12.2 Å². The summed E-state index contributed by atoms with van der Waals surface area (Å²) < 4.78 is 0. The van der Waals surface area contributed by atoms with Crippen molar-refractivity contribution in [3.8, 4) is 0 Å². The van der Waals surface area contributed by atoms with Gasteiger partial charge in [-0.1, -0.05) is 19.1 Å². The van der Waals surface area contributed by atoms with E-state index in [4.69, 9.17) is 5.11 Å². The number of carbonyl (C=O) groups excluding carboxylic acids is 1. The molecule has 0 aromatic heterocycles. The van der Waals surface area contributed by atoms with Crippen LogP contribution in [0.25, 0.3) is 0 Å². The number of hydrogen-bond donors (Lipinski definition) is 2. The van der Waals surface area contributed by atoms with E-state index in [1.165, 1.54) is 0 Å². The Bertz CT molecular complexity index is 263. The number of aliphatic hydroxyl groups excluding tert-OH is 1. The third-order valence-corrected chi connectivity index (χ3v) is 3.51. The summed E-state index contributed by atoms with van der Waals surface area (Å²) in [5.41, 5.74) is -0.257. The second kappa shape index (κ2) is 6.04. The van der Waals surface area contributed by atoms with E-state index in [2.05, 4.69) is 17.5 Å². The van der Waals surface area contributed by atoms with E-state index in [9.17, 15) is 4.79 Å². The van der Waals surface area contributed by atoms with Gasteiger partial charge in [0.2, 0.25) is 5.91 Å². The number of nitrogens with one attached hydrogen (secondary N) is 1. The van der Waals surface area contributed by atoms with Gasteiger partial charge in [-0.25, -0.2) is 0 Å². The highest BCUT2D eigenvalue weighted by molar-refractivity contribution is 5.79. The third kappa shape index (κ3) is 3.63. The summed E-state index contributed by atoms with van der Waals surface area (Å²) in [7, 11) is 0. The molecule has 92 valence electrons. The molecule has 2 N–H and O–H groups in total. The maximum absolute atomic E-state index is 12.0. The van der Waals surface area contributed by atoms with Crippen LogP contribution in [0.4, 0.5) is 0 Å². The molecule has 1 amide bonds. The van der Waals surface area contributed by atoms with Crippen molar-refractivity contribution in [2.45, 2.75) is 51.5 Å². The molecule has 3 heteroatoms. The number of rotatable bonds is 5. The van der Waals surface area contributed by atoms with E-state index >= 15 is 0 Å². The van der Waals surface area contributed by atoms with Gasteiger partial charge in [-0.15, -0.1) is 0 Å². The fourth-order valence-electron chi connectivity index (χ4n) is 2.01. The van der Waals surface area contributed by atoms with Gasteiger partial charge in [0, 0.05) is 18.1 Å². The SMILES string of the molecule is CCC(C)(CCO)NC(=O)C1CC=CCC1. The van der Waals surface area contributed by atoms with Crippen molar-refractivity contribution in [1.82, 2.24) is 5.32 Å². The molecule has 2 unspecified atom stereocenters. The molecule has 16 heavy (non-hydrogen) atoms. The Morgan fingerprint density at radius 2 is 2.31 bits per heavy atom. The van der Waals surface area contributed by atoms with E-state index in [-0.39, 0.29) is 24.0 Å². The van der Waals surface area contributed by atoms with Crippen LogP contribution in [0.2, 0.25) is 0 Å². The van der Waals surface area contributed by atoms with Crippen molar-refractivity contribution in [3.63, 3.8) is 0 Å². The zero-order chi connectivity index (χ0) is 12.0. The van der Waals surface area contributed by atoms with Crippen molar-refractivity contribution >= 4 is 5.91 Å². The molecule has 0 radical (unpaired) electrons. The van der Waals surface area contributed by atoms with Gasteiger partial charge in [0.05, 0.1) is 0 Å². The molecule has 0 aromatic carbocycles.